The maximum atomic E-state index is 11.5. The van der Waals surface area contributed by atoms with Gasteiger partial charge in [-0.25, -0.2) is 10.7 Å². The predicted molar refractivity (Wildman–Crippen MR) is 61.1 cm³/mol. The zero-order valence-corrected chi connectivity index (χ0v) is 9.87. The normalized spacial score (nSPS) is 10.2. The Labute approximate surface area is 95.3 Å². The van der Waals surface area contributed by atoms with Gasteiger partial charge >= 0.3 is 5.97 Å². The summed E-state index contributed by atoms with van der Waals surface area (Å²) >= 11 is 0. The second-order valence-electron chi connectivity index (χ2n) is 3.70. The fraction of sp³-hybridized carbons (Fsp3) is 0.417. The molecule has 4 heteroatoms. The highest BCUT2D eigenvalue weighted by molar-refractivity contribution is 5.91. The largest absolute Gasteiger partial charge is 0.465 e. The standard InChI is InChI=1S/C12H17NO3/c1-8-6-10(4-5-16-13)7-11(9(8)2)12(14)15-3/h6-7H,4-5,13H2,1-3H3. The maximum absolute atomic E-state index is 11.5. The molecule has 0 aliphatic rings. The molecule has 0 unspecified atom stereocenters. The van der Waals surface area contributed by atoms with E-state index in [0.717, 1.165) is 16.7 Å². The first kappa shape index (κ1) is 12.7. The van der Waals surface area contributed by atoms with Crippen LogP contribution in [-0.4, -0.2) is 19.7 Å². The van der Waals surface area contributed by atoms with Gasteiger partial charge in [-0.15, -0.1) is 0 Å². The highest BCUT2D eigenvalue weighted by atomic mass is 16.6. The van der Waals surface area contributed by atoms with E-state index in [1.165, 1.54) is 7.11 Å². The number of nitrogens with two attached hydrogens (primary N) is 1. The van der Waals surface area contributed by atoms with Crippen molar-refractivity contribution in [3.8, 4) is 0 Å². The highest BCUT2D eigenvalue weighted by Gasteiger charge is 2.12. The molecule has 4 nitrogen and oxygen atoms in total. The van der Waals surface area contributed by atoms with Gasteiger partial charge in [0, 0.05) is 0 Å². The summed E-state index contributed by atoms with van der Waals surface area (Å²) in [4.78, 5) is 16.1. The van der Waals surface area contributed by atoms with Crippen molar-refractivity contribution in [3.63, 3.8) is 0 Å². The molecular formula is C12H17NO3. The highest BCUT2D eigenvalue weighted by Crippen LogP contribution is 2.17. The van der Waals surface area contributed by atoms with Crippen LogP contribution in [0.2, 0.25) is 0 Å². The molecule has 0 saturated carbocycles. The number of hydrogen-bond donors (Lipinski definition) is 1. The van der Waals surface area contributed by atoms with Gasteiger partial charge in [-0.1, -0.05) is 6.07 Å². The van der Waals surface area contributed by atoms with Crippen molar-refractivity contribution in [1.82, 2.24) is 0 Å². The Kier molecular flexibility index (Phi) is 4.46. The smallest absolute Gasteiger partial charge is 0.338 e. The van der Waals surface area contributed by atoms with Gasteiger partial charge < -0.3 is 9.57 Å². The topological polar surface area (TPSA) is 61.5 Å². The minimum absolute atomic E-state index is 0.309. The van der Waals surface area contributed by atoms with E-state index in [-0.39, 0.29) is 5.97 Å². The van der Waals surface area contributed by atoms with Crippen LogP contribution in [0.25, 0.3) is 0 Å². The Morgan fingerprint density at radius 1 is 1.38 bits per heavy atom. The van der Waals surface area contributed by atoms with Gasteiger partial charge in [-0.2, -0.15) is 0 Å². The molecule has 2 N–H and O–H groups in total. The van der Waals surface area contributed by atoms with E-state index in [2.05, 4.69) is 4.84 Å². The van der Waals surface area contributed by atoms with Crippen molar-refractivity contribution in [2.45, 2.75) is 20.3 Å². The number of hydrogen-bond acceptors (Lipinski definition) is 4. The monoisotopic (exact) mass is 223 g/mol. The Hall–Kier alpha value is -1.39. The number of aryl methyl sites for hydroxylation is 1. The van der Waals surface area contributed by atoms with E-state index < -0.39 is 0 Å². The fourth-order valence-corrected chi connectivity index (χ4v) is 1.58. The third-order valence-electron chi connectivity index (χ3n) is 2.64. The van der Waals surface area contributed by atoms with Crippen LogP contribution in [0.4, 0.5) is 0 Å². The van der Waals surface area contributed by atoms with Gasteiger partial charge in [0.2, 0.25) is 0 Å². The van der Waals surface area contributed by atoms with Crippen molar-refractivity contribution in [1.29, 1.82) is 0 Å². The summed E-state index contributed by atoms with van der Waals surface area (Å²) in [5.41, 5.74) is 3.64. The molecule has 0 atom stereocenters. The number of benzene rings is 1. The van der Waals surface area contributed by atoms with Gasteiger partial charge in [0.15, 0.2) is 0 Å². The van der Waals surface area contributed by atoms with E-state index in [4.69, 9.17) is 10.6 Å². The minimum atomic E-state index is -0.309. The van der Waals surface area contributed by atoms with Crippen molar-refractivity contribution < 1.29 is 14.4 Å². The van der Waals surface area contributed by atoms with Crippen molar-refractivity contribution in [2.75, 3.05) is 13.7 Å². The van der Waals surface area contributed by atoms with Gasteiger partial charge in [-0.3, -0.25) is 0 Å². The fourth-order valence-electron chi connectivity index (χ4n) is 1.58. The summed E-state index contributed by atoms with van der Waals surface area (Å²) in [5.74, 6) is 4.67. The van der Waals surface area contributed by atoms with Crippen molar-refractivity contribution >= 4 is 5.97 Å². The molecular weight excluding hydrogens is 206 g/mol. The third-order valence-corrected chi connectivity index (χ3v) is 2.64. The average Bonchev–Trinajstić information content (AvgIpc) is 2.29. The van der Waals surface area contributed by atoms with Gasteiger partial charge in [0.1, 0.15) is 0 Å². The first-order chi connectivity index (χ1) is 7.60. The van der Waals surface area contributed by atoms with E-state index in [1.54, 1.807) is 0 Å². The lowest BCUT2D eigenvalue weighted by molar-refractivity contribution is 0.0599. The molecule has 1 rings (SSSR count). The quantitative estimate of drug-likeness (QED) is 0.621. The van der Waals surface area contributed by atoms with E-state index in [0.29, 0.717) is 18.6 Å². The predicted octanol–water partition coefficient (Wildman–Crippen LogP) is 1.52. The summed E-state index contributed by atoms with van der Waals surface area (Å²) in [6.07, 6.45) is 0.682. The molecule has 0 aliphatic heterocycles. The zero-order chi connectivity index (χ0) is 12.1. The molecule has 0 spiro atoms. The molecule has 0 fully saturated rings. The van der Waals surface area contributed by atoms with Crippen LogP contribution in [0, 0.1) is 13.8 Å². The second-order valence-corrected chi connectivity index (χ2v) is 3.70. The average molecular weight is 223 g/mol. The first-order valence-electron chi connectivity index (χ1n) is 5.10. The third kappa shape index (κ3) is 2.81. The van der Waals surface area contributed by atoms with Gasteiger partial charge in [-0.05, 0) is 43.0 Å². The lowest BCUT2D eigenvalue weighted by Gasteiger charge is -2.10. The summed E-state index contributed by atoms with van der Waals surface area (Å²) in [7, 11) is 1.38. The lowest BCUT2D eigenvalue weighted by Crippen LogP contribution is -2.08. The Morgan fingerprint density at radius 3 is 2.62 bits per heavy atom. The Balaban J connectivity index is 3.06. The molecule has 0 aliphatic carbocycles. The molecule has 0 aromatic heterocycles. The van der Waals surface area contributed by atoms with Crippen LogP contribution in [0.15, 0.2) is 12.1 Å². The van der Waals surface area contributed by atoms with Crippen molar-refractivity contribution in [2.24, 2.45) is 5.90 Å². The molecule has 0 heterocycles. The molecule has 88 valence electrons. The molecule has 0 radical (unpaired) electrons. The number of carbonyl (C=O) groups is 1. The Morgan fingerprint density at radius 2 is 2.06 bits per heavy atom. The Bertz CT molecular complexity index is 388. The van der Waals surface area contributed by atoms with E-state index in [9.17, 15) is 4.79 Å². The SMILES string of the molecule is COC(=O)c1cc(CCON)cc(C)c1C. The van der Waals surface area contributed by atoms with Crippen LogP contribution in [0.3, 0.4) is 0 Å². The number of carbonyl (C=O) groups excluding carboxylic acids is 1. The number of methoxy groups -OCH3 is 1. The maximum Gasteiger partial charge on any atom is 0.338 e. The van der Waals surface area contributed by atoms with Crippen LogP contribution < -0.4 is 5.90 Å². The van der Waals surface area contributed by atoms with Gasteiger partial charge in [0.05, 0.1) is 19.3 Å². The number of esters is 1. The molecule has 16 heavy (non-hydrogen) atoms. The second kappa shape index (κ2) is 5.63. The number of ether oxygens (including phenoxy) is 1. The van der Waals surface area contributed by atoms with E-state index in [1.807, 2.05) is 26.0 Å². The van der Waals surface area contributed by atoms with Gasteiger partial charge in [0.25, 0.3) is 0 Å². The molecule has 0 bridgehead atoms. The number of rotatable bonds is 4. The van der Waals surface area contributed by atoms with Crippen molar-refractivity contribution in [3.05, 3.63) is 34.4 Å². The lowest BCUT2D eigenvalue weighted by atomic mass is 9.98. The van der Waals surface area contributed by atoms with Crippen LogP contribution >= 0.6 is 0 Å². The molecule has 1 aromatic carbocycles. The molecule has 0 amide bonds. The zero-order valence-electron chi connectivity index (χ0n) is 9.87. The molecule has 0 saturated heterocycles. The summed E-state index contributed by atoms with van der Waals surface area (Å²) in [5, 5.41) is 0. The van der Waals surface area contributed by atoms with Crippen LogP contribution in [0.5, 0.6) is 0 Å². The van der Waals surface area contributed by atoms with Crippen LogP contribution in [0.1, 0.15) is 27.0 Å². The molecule has 1 aromatic rings. The minimum Gasteiger partial charge on any atom is -0.465 e. The summed E-state index contributed by atoms with van der Waals surface area (Å²) in [6.45, 7) is 4.31. The summed E-state index contributed by atoms with van der Waals surface area (Å²) < 4.78 is 4.74. The van der Waals surface area contributed by atoms with Crippen LogP contribution in [-0.2, 0) is 16.0 Å². The van der Waals surface area contributed by atoms with E-state index >= 15 is 0 Å². The summed E-state index contributed by atoms with van der Waals surface area (Å²) in [6, 6.07) is 3.86. The first-order valence-corrected chi connectivity index (χ1v) is 5.10.